The quantitative estimate of drug-likeness (QED) is 0.802. The van der Waals surface area contributed by atoms with E-state index in [1.807, 2.05) is 13.8 Å². The van der Waals surface area contributed by atoms with Gasteiger partial charge in [0.25, 0.3) is 0 Å². The Kier molecular flexibility index (Phi) is 3.57. The first kappa shape index (κ1) is 11.8. The second-order valence-corrected chi connectivity index (χ2v) is 4.76. The van der Waals surface area contributed by atoms with E-state index in [2.05, 4.69) is 4.98 Å². The maximum Gasteiger partial charge on any atom is 0.347 e. The third-order valence-corrected chi connectivity index (χ3v) is 3.01. The highest BCUT2D eigenvalue weighted by Gasteiger charge is 2.18. The zero-order chi connectivity index (χ0) is 11.6. The van der Waals surface area contributed by atoms with Crippen molar-refractivity contribution >= 4 is 23.1 Å². The Balaban J connectivity index is 2.92. The van der Waals surface area contributed by atoms with E-state index in [4.69, 9.17) is 5.11 Å². The van der Waals surface area contributed by atoms with Crippen LogP contribution < -0.4 is 0 Å². The van der Waals surface area contributed by atoms with E-state index in [0.717, 1.165) is 11.3 Å². The lowest BCUT2D eigenvalue weighted by atomic mass is 10.1. The first-order valence-electron chi connectivity index (χ1n) is 4.65. The summed E-state index contributed by atoms with van der Waals surface area (Å²) < 4.78 is 0. The van der Waals surface area contributed by atoms with Crippen molar-refractivity contribution in [3.63, 3.8) is 0 Å². The van der Waals surface area contributed by atoms with E-state index in [0.29, 0.717) is 17.1 Å². The first-order chi connectivity index (χ1) is 6.91. The molecule has 0 radical (unpaired) electrons. The van der Waals surface area contributed by atoms with Crippen molar-refractivity contribution in [2.45, 2.75) is 27.2 Å². The number of hydrogen-bond donors (Lipinski definition) is 1. The summed E-state index contributed by atoms with van der Waals surface area (Å²) in [5, 5.41) is 9.11. The minimum atomic E-state index is -1.02. The van der Waals surface area contributed by atoms with Crippen LogP contribution in [0.3, 0.4) is 0 Å². The fourth-order valence-corrected chi connectivity index (χ4v) is 2.03. The Morgan fingerprint density at radius 3 is 2.47 bits per heavy atom. The van der Waals surface area contributed by atoms with Crippen molar-refractivity contribution in [3.8, 4) is 0 Å². The summed E-state index contributed by atoms with van der Waals surface area (Å²) in [5.41, 5.74) is 0.416. The van der Waals surface area contributed by atoms with E-state index in [1.165, 1.54) is 0 Å². The number of aryl methyl sites for hydroxylation is 1. The van der Waals surface area contributed by atoms with Crippen molar-refractivity contribution in [3.05, 3.63) is 15.6 Å². The Morgan fingerprint density at radius 1 is 1.47 bits per heavy atom. The van der Waals surface area contributed by atoms with Crippen LogP contribution in [0.25, 0.3) is 0 Å². The smallest absolute Gasteiger partial charge is 0.347 e. The molecular weight excluding hydrogens is 214 g/mol. The van der Waals surface area contributed by atoms with Gasteiger partial charge in [-0.15, -0.1) is 11.3 Å². The second-order valence-electron chi connectivity index (χ2n) is 3.76. The van der Waals surface area contributed by atoms with E-state index in [9.17, 15) is 9.59 Å². The Bertz CT molecular complexity index is 395. The number of Topliss-reactive ketones (excluding diaryl/α,β-unsaturated/α-hetero) is 1. The molecule has 0 bridgehead atoms. The highest BCUT2D eigenvalue weighted by molar-refractivity contribution is 7.15. The van der Waals surface area contributed by atoms with Gasteiger partial charge in [0.2, 0.25) is 0 Å². The van der Waals surface area contributed by atoms with Crippen molar-refractivity contribution in [2.75, 3.05) is 0 Å². The average molecular weight is 227 g/mol. The molecule has 0 atom stereocenters. The average Bonchev–Trinajstić information content (AvgIpc) is 2.46. The van der Waals surface area contributed by atoms with Crippen molar-refractivity contribution in [1.82, 2.24) is 4.98 Å². The van der Waals surface area contributed by atoms with Gasteiger partial charge in [-0.05, 0) is 12.8 Å². The number of carboxylic acids is 1. The lowest BCUT2D eigenvalue weighted by Gasteiger charge is -1.99. The minimum Gasteiger partial charge on any atom is -0.477 e. The lowest BCUT2D eigenvalue weighted by Crippen LogP contribution is -2.02. The van der Waals surface area contributed by atoms with Gasteiger partial charge in [-0.25, -0.2) is 9.78 Å². The monoisotopic (exact) mass is 227 g/mol. The molecule has 0 fully saturated rings. The molecule has 0 amide bonds. The number of aromatic nitrogens is 1. The third-order valence-electron chi connectivity index (χ3n) is 1.82. The number of hydrogen-bond acceptors (Lipinski definition) is 4. The topological polar surface area (TPSA) is 67.3 Å². The Morgan fingerprint density at radius 2 is 2.07 bits per heavy atom. The SMILES string of the molecule is Cc1nc(C(=O)CC(C)C)sc1C(=O)O. The number of aromatic carboxylic acids is 1. The molecule has 0 aliphatic heterocycles. The van der Waals surface area contributed by atoms with Gasteiger partial charge in [0.1, 0.15) is 4.88 Å². The number of thiazole rings is 1. The molecule has 1 N–H and O–H groups in total. The summed E-state index contributed by atoms with van der Waals surface area (Å²) >= 11 is 0.957. The summed E-state index contributed by atoms with van der Waals surface area (Å²) in [6.07, 6.45) is 0.409. The molecule has 0 aliphatic rings. The molecule has 1 heterocycles. The lowest BCUT2D eigenvalue weighted by molar-refractivity contribution is 0.0701. The largest absolute Gasteiger partial charge is 0.477 e. The molecular formula is C10H13NO3S. The maximum absolute atomic E-state index is 11.6. The van der Waals surface area contributed by atoms with Crippen LogP contribution in [0.15, 0.2) is 0 Å². The number of carbonyl (C=O) groups excluding carboxylic acids is 1. The van der Waals surface area contributed by atoms with Crippen molar-refractivity contribution < 1.29 is 14.7 Å². The van der Waals surface area contributed by atoms with Gasteiger partial charge in [0.15, 0.2) is 10.8 Å². The van der Waals surface area contributed by atoms with Gasteiger partial charge in [-0.2, -0.15) is 0 Å². The number of carbonyl (C=O) groups is 2. The van der Waals surface area contributed by atoms with Gasteiger partial charge >= 0.3 is 5.97 Å². The van der Waals surface area contributed by atoms with Crippen molar-refractivity contribution in [2.24, 2.45) is 5.92 Å². The zero-order valence-electron chi connectivity index (χ0n) is 8.90. The summed E-state index contributed by atoms with van der Waals surface area (Å²) in [7, 11) is 0. The van der Waals surface area contributed by atoms with Gasteiger partial charge in [-0.1, -0.05) is 13.8 Å². The summed E-state index contributed by atoms with van der Waals surface area (Å²) in [6.45, 7) is 5.49. The van der Waals surface area contributed by atoms with E-state index in [1.54, 1.807) is 6.92 Å². The molecule has 0 saturated heterocycles. The van der Waals surface area contributed by atoms with E-state index < -0.39 is 5.97 Å². The summed E-state index contributed by atoms with van der Waals surface area (Å²) in [5.74, 6) is -0.839. The predicted molar refractivity (Wildman–Crippen MR) is 57.6 cm³/mol. The molecule has 1 aromatic heterocycles. The molecule has 0 unspecified atom stereocenters. The molecule has 0 saturated carbocycles. The van der Waals surface area contributed by atoms with Gasteiger partial charge in [0, 0.05) is 6.42 Å². The van der Waals surface area contributed by atoms with E-state index in [-0.39, 0.29) is 16.6 Å². The van der Waals surface area contributed by atoms with E-state index >= 15 is 0 Å². The number of ketones is 1. The molecule has 1 aromatic rings. The van der Waals surface area contributed by atoms with Crippen LogP contribution in [0, 0.1) is 12.8 Å². The first-order valence-corrected chi connectivity index (χ1v) is 5.47. The fraction of sp³-hybridized carbons (Fsp3) is 0.500. The van der Waals surface area contributed by atoms with Gasteiger partial charge < -0.3 is 5.11 Å². The van der Waals surface area contributed by atoms with Crippen LogP contribution >= 0.6 is 11.3 Å². The van der Waals surface area contributed by atoms with Crippen LogP contribution in [-0.4, -0.2) is 21.8 Å². The van der Waals surface area contributed by atoms with Crippen LogP contribution in [0.1, 0.15) is 45.4 Å². The standard InChI is InChI=1S/C10H13NO3S/c1-5(2)4-7(12)9-11-6(3)8(15-9)10(13)14/h5H,4H2,1-3H3,(H,13,14). The minimum absolute atomic E-state index is 0.0781. The molecule has 1 rings (SSSR count). The molecule has 0 spiro atoms. The highest BCUT2D eigenvalue weighted by atomic mass is 32.1. The van der Waals surface area contributed by atoms with Gasteiger partial charge in [0.05, 0.1) is 5.69 Å². The third kappa shape index (κ3) is 2.86. The van der Waals surface area contributed by atoms with Crippen LogP contribution in [0.2, 0.25) is 0 Å². The maximum atomic E-state index is 11.6. The van der Waals surface area contributed by atoms with Crippen LogP contribution in [-0.2, 0) is 0 Å². The fourth-order valence-electron chi connectivity index (χ4n) is 1.17. The number of nitrogens with zero attached hydrogens (tertiary/aromatic N) is 1. The Hall–Kier alpha value is -1.23. The summed E-state index contributed by atoms with van der Waals surface area (Å²) in [6, 6.07) is 0. The predicted octanol–water partition coefficient (Wildman–Crippen LogP) is 2.38. The molecule has 15 heavy (non-hydrogen) atoms. The molecule has 5 heteroatoms. The highest BCUT2D eigenvalue weighted by Crippen LogP contribution is 2.20. The number of rotatable bonds is 4. The molecule has 82 valence electrons. The Labute approximate surface area is 92.0 Å². The van der Waals surface area contributed by atoms with Gasteiger partial charge in [-0.3, -0.25) is 4.79 Å². The second kappa shape index (κ2) is 4.53. The normalized spacial score (nSPS) is 10.7. The van der Waals surface area contributed by atoms with Crippen LogP contribution in [0.5, 0.6) is 0 Å². The molecule has 0 aliphatic carbocycles. The molecule has 0 aromatic carbocycles. The summed E-state index contributed by atoms with van der Waals surface area (Å²) in [4.78, 5) is 26.5. The zero-order valence-corrected chi connectivity index (χ0v) is 9.72. The van der Waals surface area contributed by atoms with Crippen molar-refractivity contribution in [1.29, 1.82) is 0 Å². The number of carboxylic acid groups (broad SMARTS) is 1. The van der Waals surface area contributed by atoms with Crippen LogP contribution in [0.4, 0.5) is 0 Å². The molecule has 4 nitrogen and oxygen atoms in total.